The summed E-state index contributed by atoms with van der Waals surface area (Å²) in [6.45, 7) is 0.964. The predicted octanol–water partition coefficient (Wildman–Crippen LogP) is 3.11. The average molecular weight is 393 g/mol. The van der Waals surface area contributed by atoms with Gasteiger partial charge in [-0.3, -0.25) is 9.48 Å². The Morgan fingerprint density at radius 1 is 1.21 bits per heavy atom. The van der Waals surface area contributed by atoms with Gasteiger partial charge in [-0.1, -0.05) is 5.16 Å². The lowest BCUT2D eigenvalue weighted by atomic mass is 9.99. The van der Waals surface area contributed by atoms with Gasteiger partial charge in [-0.25, -0.2) is 4.39 Å². The summed E-state index contributed by atoms with van der Waals surface area (Å²) in [6.07, 6.45) is 1.54. The van der Waals surface area contributed by atoms with Crippen LogP contribution in [0.3, 0.4) is 0 Å². The van der Waals surface area contributed by atoms with Crippen LogP contribution in [0.1, 0.15) is 22.3 Å². The van der Waals surface area contributed by atoms with Crippen LogP contribution >= 0.6 is 0 Å². The molecule has 1 fully saturated rings. The predicted molar refractivity (Wildman–Crippen MR) is 99.2 cm³/mol. The number of hydrogen-bond donors (Lipinski definition) is 0. The molecule has 8 nitrogen and oxygen atoms in total. The van der Waals surface area contributed by atoms with Crippen LogP contribution in [-0.2, 0) is 7.05 Å². The molecule has 29 heavy (non-hydrogen) atoms. The molecular formula is C20H16FN5O3. The summed E-state index contributed by atoms with van der Waals surface area (Å²) in [5.74, 6) is 0.956. The number of benzene rings is 1. The Morgan fingerprint density at radius 2 is 2.00 bits per heavy atom. The van der Waals surface area contributed by atoms with Crippen molar-refractivity contribution in [1.29, 1.82) is 0 Å². The van der Waals surface area contributed by atoms with E-state index in [4.69, 9.17) is 8.94 Å². The summed E-state index contributed by atoms with van der Waals surface area (Å²) in [5, 5.41) is 8.30. The highest BCUT2D eigenvalue weighted by molar-refractivity contribution is 5.94. The fourth-order valence-corrected chi connectivity index (χ4v) is 3.30. The summed E-state index contributed by atoms with van der Waals surface area (Å²) < 4.78 is 25.2. The molecule has 0 unspecified atom stereocenters. The van der Waals surface area contributed by atoms with Gasteiger partial charge >= 0.3 is 0 Å². The van der Waals surface area contributed by atoms with Crippen LogP contribution in [0.15, 0.2) is 57.7 Å². The third kappa shape index (κ3) is 3.10. The van der Waals surface area contributed by atoms with E-state index in [0.29, 0.717) is 42.0 Å². The first-order valence-electron chi connectivity index (χ1n) is 9.05. The average Bonchev–Trinajstić information content (AvgIpc) is 3.41. The fourth-order valence-electron chi connectivity index (χ4n) is 3.30. The van der Waals surface area contributed by atoms with Gasteiger partial charge in [0.25, 0.3) is 5.91 Å². The molecule has 0 spiro atoms. The zero-order valence-corrected chi connectivity index (χ0v) is 15.4. The van der Waals surface area contributed by atoms with E-state index in [1.807, 2.05) is 0 Å². The molecule has 4 aromatic rings. The normalized spacial score (nSPS) is 14.2. The van der Waals surface area contributed by atoms with Gasteiger partial charge in [-0.15, -0.1) is 0 Å². The summed E-state index contributed by atoms with van der Waals surface area (Å²) in [5.41, 5.74) is 1.83. The molecule has 0 bridgehead atoms. The number of aryl methyl sites for hydroxylation is 1. The van der Waals surface area contributed by atoms with Gasteiger partial charge in [0.1, 0.15) is 11.5 Å². The Kier molecular flexibility index (Phi) is 4.01. The lowest BCUT2D eigenvalue weighted by molar-refractivity contribution is 0.0558. The Balaban J connectivity index is 1.28. The van der Waals surface area contributed by atoms with Crippen molar-refractivity contribution in [2.24, 2.45) is 7.05 Å². The first-order chi connectivity index (χ1) is 14.1. The number of furan rings is 1. The largest absolute Gasteiger partial charge is 0.461 e. The summed E-state index contributed by atoms with van der Waals surface area (Å²) in [4.78, 5) is 18.9. The van der Waals surface area contributed by atoms with Crippen LogP contribution in [0.25, 0.3) is 22.8 Å². The molecule has 0 aliphatic carbocycles. The van der Waals surface area contributed by atoms with Gasteiger partial charge < -0.3 is 13.8 Å². The molecule has 0 N–H and O–H groups in total. The monoisotopic (exact) mass is 393 g/mol. The highest BCUT2D eigenvalue weighted by Crippen LogP contribution is 2.29. The van der Waals surface area contributed by atoms with E-state index >= 15 is 0 Å². The molecule has 4 heterocycles. The molecule has 1 saturated heterocycles. The standard InChI is InChI=1S/C20H16FN5O3/c1-25-16(9-15(23-25)12-4-6-14(21)7-5-12)20(27)26-10-13(11-26)19-22-18(24-29-19)17-3-2-8-28-17/h2-9,13H,10-11H2,1H3. The van der Waals surface area contributed by atoms with Gasteiger partial charge in [0.15, 0.2) is 5.76 Å². The van der Waals surface area contributed by atoms with Crippen molar-refractivity contribution in [2.45, 2.75) is 5.92 Å². The maximum absolute atomic E-state index is 13.1. The Labute approximate surface area is 164 Å². The van der Waals surface area contributed by atoms with Crippen molar-refractivity contribution in [3.8, 4) is 22.8 Å². The van der Waals surface area contributed by atoms with Crippen LogP contribution in [0.2, 0.25) is 0 Å². The zero-order chi connectivity index (χ0) is 20.0. The second-order valence-electron chi connectivity index (χ2n) is 6.89. The minimum atomic E-state index is -0.316. The highest BCUT2D eigenvalue weighted by atomic mass is 19.1. The van der Waals surface area contributed by atoms with Crippen LogP contribution in [-0.4, -0.2) is 43.8 Å². The number of aromatic nitrogens is 4. The van der Waals surface area contributed by atoms with Crippen LogP contribution in [0.4, 0.5) is 4.39 Å². The first-order valence-corrected chi connectivity index (χ1v) is 9.05. The molecule has 3 aromatic heterocycles. The number of halogens is 1. The summed E-state index contributed by atoms with van der Waals surface area (Å²) in [6, 6.07) is 11.2. The van der Waals surface area contributed by atoms with Crippen LogP contribution < -0.4 is 0 Å². The number of carbonyl (C=O) groups excluding carboxylic acids is 1. The SMILES string of the molecule is Cn1nc(-c2ccc(F)cc2)cc1C(=O)N1CC(c2nc(-c3ccco3)no2)C1. The van der Waals surface area contributed by atoms with Crippen molar-refractivity contribution in [1.82, 2.24) is 24.8 Å². The molecule has 1 amide bonds. The number of likely N-dealkylation sites (tertiary alicyclic amines) is 1. The molecule has 5 rings (SSSR count). The second-order valence-corrected chi connectivity index (χ2v) is 6.89. The molecule has 0 radical (unpaired) electrons. The second kappa shape index (κ2) is 6.69. The molecule has 0 saturated carbocycles. The number of hydrogen-bond acceptors (Lipinski definition) is 6. The minimum absolute atomic E-state index is 0.0139. The highest BCUT2D eigenvalue weighted by Gasteiger charge is 2.37. The topological polar surface area (TPSA) is 90.2 Å². The van der Waals surface area contributed by atoms with Crippen LogP contribution in [0, 0.1) is 5.82 Å². The third-order valence-corrected chi connectivity index (χ3v) is 4.94. The Bertz CT molecular complexity index is 1160. The molecule has 146 valence electrons. The van der Waals surface area contributed by atoms with E-state index in [0.717, 1.165) is 5.56 Å². The maximum atomic E-state index is 13.1. The first kappa shape index (κ1) is 17.4. The smallest absolute Gasteiger partial charge is 0.272 e. The van der Waals surface area contributed by atoms with E-state index < -0.39 is 0 Å². The summed E-state index contributed by atoms with van der Waals surface area (Å²) >= 11 is 0. The minimum Gasteiger partial charge on any atom is -0.461 e. The quantitative estimate of drug-likeness (QED) is 0.529. The Hall–Kier alpha value is -3.75. The number of rotatable bonds is 4. The van der Waals surface area contributed by atoms with E-state index in [9.17, 15) is 9.18 Å². The van der Waals surface area contributed by atoms with Crippen molar-refractivity contribution in [3.05, 3.63) is 66.1 Å². The van der Waals surface area contributed by atoms with Crippen molar-refractivity contribution in [2.75, 3.05) is 13.1 Å². The van der Waals surface area contributed by atoms with E-state index in [1.54, 1.807) is 48.5 Å². The molecule has 9 heteroatoms. The fraction of sp³-hybridized carbons (Fsp3) is 0.200. The Morgan fingerprint density at radius 3 is 2.72 bits per heavy atom. The van der Waals surface area contributed by atoms with Gasteiger partial charge in [0.05, 0.1) is 17.9 Å². The van der Waals surface area contributed by atoms with Crippen molar-refractivity contribution >= 4 is 5.91 Å². The van der Waals surface area contributed by atoms with Crippen molar-refractivity contribution < 1.29 is 18.1 Å². The van der Waals surface area contributed by atoms with Crippen LogP contribution in [0.5, 0.6) is 0 Å². The molecule has 1 aromatic carbocycles. The number of nitrogens with zero attached hydrogens (tertiary/aromatic N) is 5. The lowest BCUT2D eigenvalue weighted by Gasteiger charge is -2.36. The lowest BCUT2D eigenvalue weighted by Crippen LogP contribution is -2.49. The summed E-state index contributed by atoms with van der Waals surface area (Å²) in [7, 11) is 1.71. The van der Waals surface area contributed by atoms with E-state index in [2.05, 4.69) is 15.2 Å². The molecule has 1 aliphatic rings. The number of carbonyl (C=O) groups is 1. The van der Waals surface area contributed by atoms with Gasteiger partial charge in [-0.2, -0.15) is 10.1 Å². The van der Waals surface area contributed by atoms with E-state index in [1.165, 1.54) is 16.8 Å². The maximum Gasteiger partial charge on any atom is 0.272 e. The number of amides is 1. The molecule has 1 aliphatic heterocycles. The van der Waals surface area contributed by atoms with Crippen molar-refractivity contribution in [3.63, 3.8) is 0 Å². The van der Waals surface area contributed by atoms with E-state index in [-0.39, 0.29) is 17.6 Å². The van der Waals surface area contributed by atoms with Gasteiger partial charge in [0.2, 0.25) is 11.7 Å². The van der Waals surface area contributed by atoms with Gasteiger partial charge in [0, 0.05) is 25.7 Å². The third-order valence-electron chi connectivity index (χ3n) is 4.94. The zero-order valence-electron chi connectivity index (χ0n) is 15.4. The molecular weight excluding hydrogens is 377 g/mol. The molecule has 0 atom stereocenters. The van der Waals surface area contributed by atoms with Gasteiger partial charge in [-0.05, 0) is 42.5 Å².